The van der Waals surface area contributed by atoms with Crippen LogP contribution in [0.2, 0.25) is 0 Å². The first-order valence-corrected chi connectivity index (χ1v) is 8.79. The van der Waals surface area contributed by atoms with E-state index in [9.17, 15) is 4.79 Å². The van der Waals surface area contributed by atoms with Gasteiger partial charge in [0.1, 0.15) is 0 Å². The SMILES string of the molecule is CCCN(C)c1ccc(C(=O)N2CCCCC2CN(C)C)cc1. The van der Waals surface area contributed by atoms with Crippen molar-refractivity contribution in [1.82, 2.24) is 9.80 Å². The lowest BCUT2D eigenvalue weighted by atomic mass is 10.00. The number of rotatable bonds is 6. The average Bonchev–Trinajstić information content (AvgIpc) is 2.54. The first kappa shape index (κ1) is 17.8. The van der Waals surface area contributed by atoms with Crippen LogP contribution in [0.5, 0.6) is 0 Å². The maximum atomic E-state index is 12.9. The van der Waals surface area contributed by atoms with Crippen molar-refractivity contribution >= 4 is 11.6 Å². The normalized spacial score (nSPS) is 18.3. The number of likely N-dealkylation sites (tertiary alicyclic amines) is 1. The van der Waals surface area contributed by atoms with Crippen LogP contribution in [0.15, 0.2) is 24.3 Å². The molecule has 4 nitrogen and oxygen atoms in total. The molecule has 1 aromatic carbocycles. The zero-order valence-electron chi connectivity index (χ0n) is 15.1. The molecule has 1 saturated heterocycles. The Balaban J connectivity index is 2.08. The van der Waals surface area contributed by atoms with Gasteiger partial charge in [0.05, 0.1) is 0 Å². The Hall–Kier alpha value is -1.55. The van der Waals surface area contributed by atoms with Gasteiger partial charge in [0.2, 0.25) is 0 Å². The molecule has 0 aliphatic carbocycles. The largest absolute Gasteiger partial charge is 0.375 e. The highest BCUT2D eigenvalue weighted by molar-refractivity contribution is 5.94. The Kier molecular flexibility index (Phi) is 6.46. The van der Waals surface area contributed by atoms with Crippen molar-refractivity contribution in [3.05, 3.63) is 29.8 Å². The summed E-state index contributed by atoms with van der Waals surface area (Å²) in [6.45, 7) is 5.04. The van der Waals surface area contributed by atoms with Crippen molar-refractivity contribution < 1.29 is 4.79 Å². The quantitative estimate of drug-likeness (QED) is 0.807. The Morgan fingerprint density at radius 1 is 1.17 bits per heavy atom. The molecule has 1 fully saturated rings. The number of amides is 1. The first-order valence-electron chi connectivity index (χ1n) is 8.79. The van der Waals surface area contributed by atoms with Gasteiger partial charge in [-0.25, -0.2) is 0 Å². The molecule has 1 aliphatic rings. The molecule has 0 spiro atoms. The molecule has 0 N–H and O–H groups in total. The first-order chi connectivity index (χ1) is 11.0. The fourth-order valence-electron chi connectivity index (χ4n) is 3.37. The van der Waals surface area contributed by atoms with Crippen molar-refractivity contribution in [3.63, 3.8) is 0 Å². The molecule has 1 aliphatic heterocycles. The molecule has 1 atom stereocenters. The van der Waals surface area contributed by atoms with E-state index in [0.717, 1.165) is 44.5 Å². The van der Waals surface area contributed by atoms with Gasteiger partial charge in [-0.05, 0) is 64.0 Å². The van der Waals surface area contributed by atoms with E-state index in [-0.39, 0.29) is 5.91 Å². The molecule has 0 radical (unpaired) electrons. The summed E-state index contributed by atoms with van der Waals surface area (Å²) in [5.74, 6) is 0.182. The number of hydrogen-bond donors (Lipinski definition) is 0. The fraction of sp³-hybridized carbons (Fsp3) is 0.632. The van der Waals surface area contributed by atoms with Crippen LogP contribution in [0, 0.1) is 0 Å². The number of piperidine rings is 1. The molecule has 1 aromatic rings. The van der Waals surface area contributed by atoms with E-state index in [0.29, 0.717) is 6.04 Å². The third-order valence-corrected chi connectivity index (χ3v) is 4.58. The Labute approximate surface area is 141 Å². The molecule has 0 aromatic heterocycles. The Morgan fingerprint density at radius 3 is 2.48 bits per heavy atom. The van der Waals surface area contributed by atoms with Crippen LogP contribution in [0.1, 0.15) is 43.0 Å². The molecule has 0 bridgehead atoms. The maximum Gasteiger partial charge on any atom is 0.254 e. The topological polar surface area (TPSA) is 26.8 Å². The second-order valence-corrected chi connectivity index (χ2v) is 6.88. The molecule has 23 heavy (non-hydrogen) atoms. The molecular weight excluding hydrogens is 286 g/mol. The van der Waals surface area contributed by atoms with Crippen molar-refractivity contribution in [2.45, 2.75) is 38.6 Å². The van der Waals surface area contributed by atoms with Crippen molar-refractivity contribution in [2.75, 3.05) is 45.7 Å². The highest BCUT2D eigenvalue weighted by Gasteiger charge is 2.27. The minimum atomic E-state index is 0.182. The highest BCUT2D eigenvalue weighted by atomic mass is 16.2. The lowest BCUT2D eigenvalue weighted by Crippen LogP contribution is -2.48. The van der Waals surface area contributed by atoms with Crippen LogP contribution in [-0.2, 0) is 0 Å². The Morgan fingerprint density at radius 2 is 1.87 bits per heavy atom. The summed E-state index contributed by atoms with van der Waals surface area (Å²) < 4.78 is 0. The summed E-state index contributed by atoms with van der Waals surface area (Å²) in [7, 11) is 6.25. The van der Waals surface area contributed by atoms with Gasteiger partial charge in [0, 0.05) is 44.0 Å². The third kappa shape index (κ3) is 4.71. The number of likely N-dealkylation sites (N-methyl/N-ethyl adjacent to an activating group) is 1. The molecule has 4 heteroatoms. The number of carbonyl (C=O) groups is 1. The van der Waals surface area contributed by atoms with Gasteiger partial charge in [-0.3, -0.25) is 4.79 Å². The number of nitrogens with zero attached hydrogens (tertiary/aromatic N) is 3. The van der Waals surface area contributed by atoms with Gasteiger partial charge in [-0.1, -0.05) is 6.92 Å². The maximum absolute atomic E-state index is 12.9. The van der Waals surface area contributed by atoms with Gasteiger partial charge in [0.15, 0.2) is 0 Å². The zero-order chi connectivity index (χ0) is 16.8. The van der Waals surface area contributed by atoms with E-state index in [2.05, 4.69) is 54.9 Å². The smallest absolute Gasteiger partial charge is 0.254 e. The van der Waals surface area contributed by atoms with Crippen LogP contribution in [0.25, 0.3) is 0 Å². The van der Waals surface area contributed by atoms with Gasteiger partial charge in [0.25, 0.3) is 5.91 Å². The van der Waals surface area contributed by atoms with E-state index < -0.39 is 0 Å². The second kappa shape index (κ2) is 8.34. The number of carbonyl (C=O) groups excluding carboxylic acids is 1. The monoisotopic (exact) mass is 317 g/mol. The highest BCUT2D eigenvalue weighted by Crippen LogP contribution is 2.21. The molecule has 128 valence electrons. The van der Waals surface area contributed by atoms with E-state index in [4.69, 9.17) is 0 Å². The molecule has 1 unspecified atom stereocenters. The number of anilines is 1. The van der Waals surface area contributed by atoms with E-state index >= 15 is 0 Å². The van der Waals surface area contributed by atoms with Crippen LogP contribution < -0.4 is 4.90 Å². The van der Waals surface area contributed by atoms with Gasteiger partial charge < -0.3 is 14.7 Å². The fourth-order valence-corrected chi connectivity index (χ4v) is 3.37. The van der Waals surface area contributed by atoms with Crippen LogP contribution in [-0.4, -0.2) is 62.5 Å². The lowest BCUT2D eigenvalue weighted by molar-refractivity contribution is 0.0575. The third-order valence-electron chi connectivity index (χ3n) is 4.58. The van der Waals surface area contributed by atoms with E-state index in [1.165, 1.54) is 12.1 Å². The van der Waals surface area contributed by atoms with Crippen molar-refractivity contribution in [3.8, 4) is 0 Å². The molecular formula is C19H31N3O. The van der Waals surface area contributed by atoms with Gasteiger partial charge >= 0.3 is 0 Å². The summed E-state index contributed by atoms with van der Waals surface area (Å²) in [6, 6.07) is 8.42. The van der Waals surface area contributed by atoms with Crippen LogP contribution in [0.4, 0.5) is 5.69 Å². The summed E-state index contributed by atoms with van der Waals surface area (Å²) in [5, 5.41) is 0. The van der Waals surface area contributed by atoms with E-state index in [1.54, 1.807) is 0 Å². The van der Waals surface area contributed by atoms with Crippen LogP contribution in [0.3, 0.4) is 0 Å². The van der Waals surface area contributed by atoms with E-state index in [1.807, 2.05) is 12.1 Å². The molecule has 1 amide bonds. The van der Waals surface area contributed by atoms with Gasteiger partial charge in [-0.15, -0.1) is 0 Å². The average molecular weight is 317 g/mol. The lowest BCUT2D eigenvalue weighted by Gasteiger charge is -2.37. The van der Waals surface area contributed by atoms with Crippen LogP contribution >= 0.6 is 0 Å². The summed E-state index contributed by atoms with van der Waals surface area (Å²) in [5.41, 5.74) is 1.98. The van der Waals surface area contributed by atoms with Gasteiger partial charge in [-0.2, -0.15) is 0 Å². The molecule has 0 saturated carbocycles. The molecule has 1 heterocycles. The summed E-state index contributed by atoms with van der Waals surface area (Å²) >= 11 is 0. The summed E-state index contributed by atoms with van der Waals surface area (Å²) in [6.07, 6.45) is 4.58. The predicted molar refractivity (Wildman–Crippen MR) is 97.2 cm³/mol. The number of hydrogen-bond acceptors (Lipinski definition) is 3. The molecule has 2 rings (SSSR count). The van der Waals surface area contributed by atoms with Crippen molar-refractivity contribution in [1.29, 1.82) is 0 Å². The standard InChI is InChI=1S/C19H31N3O/c1-5-13-21(4)17-11-9-16(10-12-17)19(23)22-14-7-6-8-18(22)15-20(2)3/h9-12,18H,5-8,13-15H2,1-4H3. The number of benzene rings is 1. The Bertz CT molecular complexity index is 498. The predicted octanol–water partition coefficient (Wildman–Crippen LogP) is 3.09. The minimum Gasteiger partial charge on any atom is -0.375 e. The zero-order valence-corrected chi connectivity index (χ0v) is 15.1. The second-order valence-electron chi connectivity index (χ2n) is 6.88. The minimum absolute atomic E-state index is 0.182. The summed E-state index contributed by atoms with van der Waals surface area (Å²) in [4.78, 5) is 19.4. The van der Waals surface area contributed by atoms with Crippen molar-refractivity contribution in [2.24, 2.45) is 0 Å².